The van der Waals surface area contributed by atoms with Crippen LogP contribution in [-0.2, 0) is 23.1 Å². The third-order valence-corrected chi connectivity index (χ3v) is 6.51. The highest BCUT2D eigenvalue weighted by Crippen LogP contribution is 2.23. The van der Waals surface area contributed by atoms with E-state index in [0.29, 0.717) is 12.1 Å². The van der Waals surface area contributed by atoms with Crippen molar-refractivity contribution in [2.24, 2.45) is 0 Å². The van der Waals surface area contributed by atoms with E-state index >= 15 is 0 Å². The van der Waals surface area contributed by atoms with Crippen molar-refractivity contribution < 1.29 is 8.42 Å². The number of fused-ring (bicyclic) bond motifs is 1. The van der Waals surface area contributed by atoms with Crippen molar-refractivity contribution in [1.82, 2.24) is 13.9 Å². The first-order valence-electron chi connectivity index (χ1n) is 9.46. The van der Waals surface area contributed by atoms with Gasteiger partial charge in [0.05, 0.1) is 22.5 Å². The summed E-state index contributed by atoms with van der Waals surface area (Å²) in [6.07, 6.45) is 0.972. The second-order valence-electron chi connectivity index (χ2n) is 7.35. The number of nitrogens with one attached hydrogen (secondary N) is 1. The Morgan fingerprint density at radius 3 is 2.36 bits per heavy atom. The second-order valence-corrected chi connectivity index (χ2v) is 9.50. The Balaban J connectivity index is 1.98. The summed E-state index contributed by atoms with van der Waals surface area (Å²) < 4.78 is 28.3. The number of sulfonamides is 1. The Hall–Kier alpha value is -2.38. The first-order valence-corrected chi connectivity index (χ1v) is 10.9. The van der Waals surface area contributed by atoms with Gasteiger partial charge in [0.2, 0.25) is 10.0 Å². The van der Waals surface area contributed by atoms with Crippen molar-refractivity contribution in [2.45, 2.75) is 45.2 Å². The fraction of sp³-hybridized carbons (Fsp3) is 0.381. The molecule has 0 saturated carbocycles. The molecule has 28 heavy (non-hydrogen) atoms. The van der Waals surface area contributed by atoms with Crippen LogP contribution in [0.4, 0.5) is 5.69 Å². The van der Waals surface area contributed by atoms with Gasteiger partial charge in [-0.15, -0.1) is 0 Å². The molecule has 0 aliphatic rings. The molecule has 150 valence electrons. The highest BCUT2D eigenvalue weighted by atomic mass is 32.2. The van der Waals surface area contributed by atoms with E-state index in [1.165, 1.54) is 29.5 Å². The quantitative estimate of drug-likeness (QED) is 0.653. The summed E-state index contributed by atoms with van der Waals surface area (Å²) in [6.45, 7) is 7.69. The Kier molecular flexibility index (Phi) is 5.76. The molecule has 0 spiro atoms. The van der Waals surface area contributed by atoms with Crippen LogP contribution in [-0.4, -0.2) is 36.4 Å². The van der Waals surface area contributed by atoms with Crippen LogP contribution in [0.3, 0.4) is 0 Å². The van der Waals surface area contributed by atoms with Gasteiger partial charge in [0.1, 0.15) is 5.82 Å². The number of aromatic nitrogens is 2. The van der Waals surface area contributed by atoms with Crippen molar-refractivity contribution in [3.05, 3.63) is 53.3 Å². The summed E-state index contributed by atoms with van der Waals surface area (Å²) in [5.74, 6) is 0.899. The van der Waals surface area contributed by atoms with E-state index in [9.17, 15) is 8.42 Å². The monoisotopic (exact) mass is 400 g/mol. The van der Waals surface area contributed by atoms with Crippen LogP contribution in [0, 0.1) is 13.8 Å². The van der Waals surface area contributed by atoms with Crippen LogP contribution in [0.2, 0.25) is 0 Å². The predicted molar refractivity (Wildman–Crippen MR) is 114 cm³/mol. The number of anilines is 1. The molecule has 3 rings (SSSR count). The van der Waals surface area contributed by atoms with Gasteiger partial charge >= 0.3 is 0 Å². The van der Waals surface area contributed by atoms with Crippen molar-refractivity contribution in [3.63, 3.8) is 0 Å². The van der Waals surface area contributed by atoms with Gasteiger partial charge in [0.15, 0.2) is 0 Å². The van der Waals surface area contributed by atoms with E-state index in [2.05, 4.69) is 48.9 Å². The van der Waals surface area contributed by atoms with Crippen molar-refractivity contribution >= 4 is 26.7 Å². The van der Waals surface area contributed by atoms with Crippen LogP contribution >= 0.6 is 0 Å². The third kappa shape index (κ3) is 4.05. The third-order valence-electron chi connectivity index (χ3n) is 4.70. The van der Waals surface area contributed by atoms with Crippen LogP contribution in [0.15, 0.2) is 41.3 Å². The molecule has 0 atom stereocenters. The number of imidazole rings is 1. The van der Waals surface area contributed by atoms with Crippen molar-refractivity contribution in [2.75, 3.05) is 19.4 Å². The zero-order valence-electron chi connectivity index (χ0n) is 17.2. The Morgan fingerprint density at radius 1 is 1.07 bits per heavy atom. The molecular weight excluding hydrogens is 372 g/mol. The first kappa shape index (κ1) is 20.4. The lowest BCUT2D eigenvalue weighted by molar-refractivity contribution is 0.521. The van der Waals surface area contributed by atoms with Crippen LogP contribution < -0.4 is 5.32 Å². The molecule has 0 saturated heterocycles. The number of hydrogen-bond acceptors (Lipinski definition) is 4. The van der Waals surface area contributed by atoms with E-state index in [-0.39, 0.29) is 4.90 Å². The van der Waals surface area contributed by atoms with E-state index in [1.54, 1.807) is 12.1 Å². The summed E-state index contributed by atoms with van der Waals surface area (Å²) >= 11 is 0. The largest absolute Gasteiger partial charge is 0.378 e. The van der Waals surface area contributed by atoms with E-state index in [0.717, 1.165) is 30.0 Å². The van der Waals surface area contributed by atoms with Crippen molar-refractivity contribution in [1.29, 1.82) is 0 Å². The van der Waals surface area contributed by atoms with Crippen LogP contribution in [0.1, 0.15) is 30.3 Å². The number of benzene rings is 2. The van der Waals surface area contributed by atoms with Gasteiger partial charge in [0.25, 0.3) is 0 Å². The lowest BCUT2D eigenvalue weighted by Crippen LogP contribution is -2.22. The lowest BCUT2D eigenvalue weighted by atomic mass is 10.1. The molecule has 0 unspecified atom stereocenters. The molecule has 6 nitrogen and oxygen atoms in total. The molecule has 0 aliphatic carbocycles. The molecular formula is C21H28N4O2S. The number of nitrogens with zero attached hydrogens (tertiary/aromatic N) is 3. The Morgan fingerprint density at radius 2 is 1.75 bits per heavy atom. The average molecular weight is 401 g/mol. The fourth-order valence-electron chi connectivity index (χ4n) is 3.40. The highest BCUT2D eigenvalue weighted by Gasteiger charge is 2.19. The summed E-state index contributed by atoms with van der Waals surface area (Å²) in [6, 6.07) is 11.5. The average Bonchev–Trinajstić information content (AvgIpc) is 2.96. The second kappa shape index (κ2) is 7.93. The molecule has 0 radical (unpaired) electrons. The zero-order chi connectivity index (χ0) is 20.5. The number of rotatable bonds is 7. The highest BCUT2D eigenvalue weighted by molar-refractivity contribution is 7.89. The summed E-state index contributed by atoms with van der Waals surface area (Å²) in [7, 11) is -0.408. The normalized spacial score (nSPS) is 12.1. The topological polar surface area (TPSA) is 67.2 Å². The molecule has 1 heterocycles. The van der Waals surface area contributed by atoms with Crippen LogP contribution in [0.25, 0.3) is 11.0 Å². The molecule has 0 aliphatic heterocycles. The summed E-state index contributed by atoms with van der Waals surface area (Å²) in [4.78, 5) is 5.01. The number of hydrogen-bond donors (Lipinski definition) is 1. The molecule has 1 N–H and O–H groups in total. The molecule has 0 fully saturated rings. The maximum atomic E-state index is 12.4. The van der Waals surface area contributed by atoms with Crippen molar-refractivity contribution in [3.8, 4) is 0 Å². The van der Waals surface area contributed by atoms with Gasteiger partial charge in [-0.1, -0.05) is 13.0 Å². The van der Waals surface area contributed by atoms with Gasteiger partial charge in [-0.25, -0.2) is 17.7 Å². The Labute approximate surface area is 167 Å². The fourth-order valence-corrected chi connectivity index (χ4v) is 4.32. The minimum Gasteiger partial charge on any atom is -0.378 e. The van der Waals surface area contributed by atoms with Gasteiger partial charge in [-0.05, 0) is 61.7 Å². The lowest BCUT2D eigenvalue weighted by Gasteiger charge is -2.12. The minimum atomic E-state index is -3.48. The van der Waals surface area contributed by atoms with Gasteiger partial charge < -0.3 is 9.88 Å². The molecule has 0 amide bonds. The maximum absolute atomic E-state index is 12.4. The number of aryl methyl sites for hydroxylation is 3. The van der Waals surface area contributed by atoms with E-state index < -0.39 is 10.0 Å². The van der Waals surface area contributed by atoms with Crippen LogP contribution in [0.5, 0.6) is 0 Å². The molecule has 7 heteroatoms. The molecule has 0 bridgehead atoms. The van der Waals surface area contributed by atoms with Gasteiger partial charge in [-0.2, -0.15) is 0 Å². The van der Waals surface area contributed by atoms with Gasteiger partial charge in [-0.3, -0.25) is 0 Å². The minimum absolute atomic E-state index is 0.264. The van der Waals surface area contributed by atoms with E-state index in [4.69, 9.17) is 4.98 Å². The maximum Gasteiger partial charge on any atom is 0.242 e. The van der Waals surface area contributed by atoms with E-state index in [1.807, 2.05) is 6.07 Å². The molecule has 1 aromatic heterocycles. The van der Waals surface area contributed by atoms with Gasteiger partial charge in [0, 0.05) is 26.3 Å². The molecule has 3 aromatic rings. The first-order chi connectivity index (χ1) is 13.2. The zero-order valence-corrected chi connectivity index (χ0v) is 18.0. The summed E-state index contributed by atoms with van der Waals surface area (Å²) in [5, 5.41) is 3.46. The molecule has 2 aromatic carbocycles. The Bertz CT molecular complexity index is 1080. The summed E-state index contributed by atoms with van der Waals surface area (Å²) in [5.41, 5.74) is 5.14. The SMILES string of the molecule is CCCn1c(CNc2cc(C)cc(C)c2)nc2cc(S(=O)(=O)N(C)C)ccc21. The predicted octanol–water partition coefficient (Wildman–Crippen LogP) is 3.93. The smallest absolute Gasteiger partial charge is 0.242 e. The standard InChI is InChI=1S/C21H28N4O2S/c1-6-9-25-20-8-7-18(28(26,27)24(4)5)13-19(20)23-21(25)14-22-17-11-15(2)10-16(3)12-17/h7-8,10-13,22H,6,9,14H2,1-5H3.